The summed E-state index contributed by atoms with van der Waals surface area (Å²) in [7, 11) is 0. The van der Waals surface area contributed by atoms with Crippen LogP contribution in [-0.4, -0.2) is 54.2 Å². The van der Waals surface area contributed by atoms with Gasteiger partial charge in [-0.15, -0.1) is 0 Å². The molecule has 1 saturated heterocycles. The lowest BCUT2D eigenvalue weighted by Gasteiger charge is -2.28. The minimum Gasteiger partial charge on any atom is -0.379 e. The Morgan fingerprint density at radius 2 is 1.71 bits per heavy atom. The van der Waals surface area contributed by atoms with Crippen molar-refractivity contribution in [3.8, 4) is 0 Å². The molecule has 24 heavy (non-hydrogen) atoms. The molecule has 4 nitrogen and oxygen atoms in total. The number of ether oxygens (including phenoxy) is 1. The highest BCUT2D eigenvalue weighted by Gasteiger charge is 2.12. The summed E-state index contributed by atoms with van der Waals surface area (Å²) in [5.74, 6) is 0. The van der Waals surface area contributed by atoms with Crippen molar-refractivity contribution in [3.05, 3.63) is 66.0 Å². The van der Waals surface area contributed by atoms with Gasteiger partial charge in [-0.2, -0.15) is 0 Å². The van der Waals surface area contributed by atoms with E-state index in [1.54, 1.807) is 0 Å². The third kappa shape index (κ3) is 5.71. The lowest BCUT2D eigenvalue weighted by Crippen LogP contribution is -2.38. The fourth-order valence-corrected chi connectivity index (χ4v) is 3.15. The Bertz CT molecular complexity index is 528. The van der Waals surface area contributed by atoms with Gasteiger partial charge in [0.2, 0.25) is 0 Å². The maximum Gasteiger partial charge on any atom is 0.0594 e. The number of nitrogens with zero attached hydrogens (tertiary/aromatic N) is 3. The molecular formula is C20H27N3O. The Balaban J connectivity index is 1.54. The summed E-state index contributed by atoms with van der Waals surface area (Å²) in [6.07, 6.45) is 5.00. The van der Waals surface area contributed by atoms with Crippen molar-refractivity contribution < 1.29 is 4.74 Å². The number of rotatable bonds is 8. The van der Waals surface area contributed by atoms with Gasteiger partial charge in [-0.25, -0.2) is 0 Å². The van der Waals surface area contributed by atoms with E-state index >= 15 is 0 Å². The molecule has 1 aliphatic heterocycles. The lowest BCUT2D eigenvalue weighted by atomic mass is 10.2. The van der Waals surface area contributed by atoms with Crippen molar-refractivity contribution in [1.29, 1.82) is 0 Å². The molecule has 3 rings (SSSR count). The molecule has 2 aromatic rings. The van der Waals surface area contributed by atoms with Crippen LogP contribution in [0.3, 0.4) is 0 Å². The minimum absolute atomic E-state index is 0.878. The number of benzene rings is 1. The molecule has 1 aromatic carbocycles. The van der Waals surface area contributed by atoms with Gasteiger partial charge in [0.1, 0.15) is 0 Å². The molecule has 128 valence electrons. The molecule has 4 heteroatoms. The highest BCUT2D eigenvalue weighted by Crippen LogP contribution is 2.10. The van der Waals surface area contributed by atoms with Gasteiger partial charge in [-0.3, -0.25) is 14.8 Å². The highest BCUT2D eigenvalue weighted by molar-refractivity contribution is 5.15. The average Bonchev–Trinajstić information content (AvgIpc) is 2.64. The first kappa shape index (κ1) is 17.1. The van der Waals surface area contributed by atoms with E-state index in [9.17, 15) is 0 Å². The topological polar surface area (TPSA) is 28.6 Å². The van der Waals surface area contributed by atoms with Crippen molar-refractivity contribution >= 4 is 0 Å². The molecule has 0 spiro atoms. The van der Waals surface area contributed by atoms with Gasteiger partial charge < -0.3 is 4.74 Å². The Morgan fingerprint density at radius 1 is 0.958 bits per heavy atom. The Labute approximate surface area is 145 Å². The number of hydrogen-bond acceptors (Lipinski definition) is 4. The minimum atomic E-state index is 0.878. The van der Waals surface area contributed by atoms with Gasteiger partial charge in [0.15, 0.2) is 0 Å². The monoisotopic (exact) mass is 325 g/mol. The average molecular weight is 325 g/mol. The van der Waals surface area contributed by atoms with Crippen LogP contribution in [0.2, 0.25) is 0 Å². The second kappa shape index (κ2) is 9.52. The Hall–Kier alpha value is -1.75. The first-order chi connectivity index (χ1) is 11.9. The molecule has 0 atom stereocenters. The van der Waals surface area contributed by atoms with E-state index in [1.165, 1.54) is 17.5 Å². The van der Waals surface area contributed by atoms with E-state index in [0.29, 0.717) is 0 Å². The predicted molar refractivity (Wildman–Crippen MR) is 96.7 cm³/mol. The zero-order chi connectivity index (χ0) is 16.5. The lowest BCUT2D eigenvalue weighted by molar-refractivity contribution is 0.0359. The van der Waals surface area contributed by atoms with Gasteiger partial charge in [-0.1, -0.05) is 36.4 Å². The molecule has 1 fully saturated rings. The molecule has 0 saturated carbocycles. The van der Waals surface area contributed by atoms with Crippen molar-refractivity contribution in [2.45, 2.75) is 19.5 Å². The third-order valence-electron chi connectivity index (χ3n) is 4.43. The molecule has 2 heterocycles. The van der Waals surface area contributed by atoms with Crippen LogP contribution in [0, 0.1) is 0 Å². The molecule has 1 aromatic heterocycles. The SMILES string of the molecule is c1ccc(CN(CCCN2CCOCC2)Cc2cccnc2)cc1. The number of hydrogen-bond donors (Lipinski definition) is 0. The van der Waals surface area contributed by atoms with Gasteiger partial charge in [0, 0.05) is 45.1 Å². The third-order valence-corrected chi connectivity index (χ3v) is 4.43. The van der Waals surface area contributed by atoms with E-state index in [-0.39, 0.29) is 0 Å². The van der Waals surface area contributed by atoms with E-state index in [4.69, 9.17) is 4.74 Å². The standard InChI is InChI=1S/C20H27N3O/c1-2-6-19(7-3-1)17-23(18-20-8-4-9-21-16-20)11-5-10-22-12-14-24-15-13-22/h1-4,6-9,16H,5,10-15,17-18H2. The van der Waals surface area contributed by atoms with Crippen LogP contribution in [0.15, 0.2) is 54.9 Å². The van der Waals surface area contributed by atoms with Crippen molar-refractivity contribution in [1.82, 2.24) is 14.8 Å². The van der Waals surface area contributed by atoms with Crippen LogP contribution in [0.4, 0.5) is 0 Å². The predicted octanol–water partition coefficient (Wildman–Crippen LogP) is 2.81. The summed E-state index contributed by atoms with van der Waals surface area (Å²) < 4.78 is 5.43. The fourth-order valence-electron chi connectivity index (χ4n) is 3.15. The zero-order valence-corrected chi connectivity index (χ0v) is 14.3. The van der Waals surface area contributed by atoms with Gasteiger partial charge >= 0.3 is 0 Å². The van der Waals surface area contributed by atoms with E-state index in [2.05, 4.69) is 51.2 Å². The molecule has 0 bridgehead atoms. The Morgan fingerprint density at radius 3 is 2.46 bits per heavy atom. The first-order valence-corrected chi connectivity index (χ1v) is 8.85. The summed E-state index contributed by atoms with van der Waals surface area (Å²) in [6, 6.07) is 14.9. The summed E-state index contributed by atoms with van der Waals surface area (Å²) in [6.45, 7) is 8.09. The van der Waals surface area contributed by atoms with Crippen LogP contribution < -0.4 is 0 Å². The van der Waals surface area contributed by atoms with Crippen LogP contribution in [0.25, 0.3) is 0 Å². The maximum absolute atomic E-state index is 5.43. The fraction of sp³-hybridized carbons (Fsp3) is 0.450. The van der Waals surface area contributed by atoms with Crippen LogP contribution >= 0.6 is 0 Å². The van der Waals surface area contributed by atoms with Crippen LogP contribution in [0.1, 0.15) is 17.5 Å². The molecule has 0 unspecified atom stereocenters. The molecular weight excluding hydrogens is 298 g/mol. The molecule has 0 N–H and O–H groups in total. The quantitative estimate of drug-likeness (QED) is 0.746. The number of pyridine rings is 1. The molecule has 0 amide bonds. The number of aromatic nitrogens is 1. The summed E-state index contributed by atoms with van der Waals surface area (Å²) >= 11 is 0. The van der Waals surface area contributed by atoms with E-state index in [0.717, 1.165) is 52.5 Å². The maximum atomic E-state index is 5.43. The molecule has 1 aliphatic rings. The Kier molecular flexibility index (Phi) is 6.78. The van der Waals surface area contributed by atoms with Gasteiger partial charge in [0.05, 0.1) is 13.2 Å². The normalized spacial score (nSPS) is 15.7. The summed E-state index contributed by atoms with van der Waals surface area (Å²) in [5, 5.41) is 0. The van der Waals surface area contributed by atoms with Gasteiger partial charge in [0.25, 0.3) is 0 Å². The second-order valence-corrected chi connectivity index (χ2v) is 6.37. The zero-order valence-electron chi connectivity index (χ0n) is 14.3. The van der Waals surface area contributed by atoms with Crippen molar-refractivity contribution in [3.63, 3.8) is 0 Å². The molecule has 0 radical (unpaired) electrons. The molecule has 0 aliphatic carbocycles. The van der Waals surface area contributed by atoms with Crippen molar-refractivity contribution in [2.24, 2.45) is 0 Å². The smallest absolute Gasteiger partial charge is 0.0594 e. The van der Waals surface area contributed by atoms with Gasteiger partial charge in [-0.05, 0) is 30.2 Å². The van der Waals surface area contributed by atoms with E-state index < -0.39 is 0 Å². The summed E-state index contributed by atoms with van der Waals surface area (Å²) in [5.41, 5.74) is 2.65. The largest absolute Gasteiger partial charge is 0.379 e. The second-order valence-electron chi connectivity index (χ2n) is 6.37. The van der Waals surface area contributed by atoms with Crippen LogP contribution in [-0.2, 0) is 17.8 Å². The summed E-state index contributed by atoms with van der Waals surface area (Å²) in [4.78, 5) is 9.28. The van der Waals surface area contributed by atoms with E-state index in [1.807, 2.05) is 18.5 Å². The number of morpholine rings is 1. The van der Waals surface area contributed by atoms with Crippen LogP contribution in [0.5, 0.6) is 0 Å². The first-order valence-electron chi connectivity index (χ1n) is 8.85. The van der Waals surface area contributed by atoms with Crippen molar-refractivity contribution in [2.75, 3.05) is 39.4 Å². The highest BCUT2D eigenvalue weighted by atomic mass is 16.5.